The molecule has 0 amide bonds. The zero-order valence-corrected chi connectivity index (χ0v) is 52.6. The molecule has 0 aromatic carbocycles. The van der Waals surface area contributed by atoms with E-state index in [0.717, 1.165) is 59.1 Å². The monoisotopic (exact) mass is 1090 g/mol. The highest BCUT2D eigenvalue weighted by molar-refractivity contribution is 5.96. The molecule has 2 N–H and O–H groups in total. The lowest BCUT2D eigenvalue weighted by Crippen LogP contribution is -2.62. The fourth-order valence-corrected chi connectivity index (χ4v) is 11.5. The van der Waals surface area contributed by atoms with E-state index in [1.165, 1.54) is 128 Å². The number of carbonyl (C=O) groups excluding carboxylic acids is 3. The predicted molar refractivity (Wildman–Crippen MR) is 336 cm³/mol. The smallest absolute Gasteiger partial charge is 0.309 e. The lowest BCUT2D eigenvalue weighted by molar-refractivity contribution is -0.299. The molecule has 0 saturated heterocycles. The number of allylic oxidation sites excluding steroid dienone is 18. The van der Waals surface area contributed by atoms with Gasteiger partial charge in [-0.2, -0.15) is 0 Å². The molecule has 7 nitrogen and oxygen atoms in total. The van der Waals surface area contributed by atoms with Crippen molar-refractivity contribution in [2.75, 3.05) is 0 Å². The molecule has 0 radical (unpaired) electrons. The van der Waals surface area contributed by atoms with Gasteiger partial charge in [-0.05, 0) is 91.2 Å². The van der Waals surface area contributed by atoms with E-state index in [0.29, 0.717) is 25.7 Å². The van der Waals surface area contributed by atoms with Crippen molar-refractivity contribution in [1.82, 2.24) is 0 Å². The summed E-state index contributed by atoms with van der Waals surface area (Å²) in [4.78, 5) is 40.7. The van der Waals surface area contributed by atoms with Crippen LogP contribution in [0.15, 0.2) is 119 Å². The first-order valence-electron chi connectivity index (χ1n) is 31.8. The minimum absolute atomic E-state index is 0.0663. The van der Waals surface area contributed by atoms with Crippen LogP contribution in [0.2, 0.25) is 0 Å². The zero-order valence-electron chi connectivity index (χ0n) is 52.6. The molecule has 2 rings (SSSR count). The van der Waals surface area contributed by atoms with Gasteiger partial charge >= 0.3 is 11.9 Å². The van der Waals surface area contributed by atoms with Gasteiger partial charge in [0.15, 0.2) is 5.78 Å². The maximum Gasteiger partial charge on any atom is 0.309 e. The zero-order chi connectivity index (χ0) is 58.6. The SMILES string of the molecule is CCCCCCCCCCCCCCCC(=O)OC1(OC(=O)CCCCCCCCCCCCCCC)[C@H](O)CC(C)=C(/C=C/C(C)=C/C=C/C(C)=C/C=C/C=C(C)/C=C/C=C(C)/C=C/C(=O)[C@]2(C)C[C@@H](O)CC2(C)C)C1(C)C. The van der Waals surface area contributed by atoms with Gasteiger partial charge in [-0.25, -0.2) is 0 Å². The second-order valence-electron chi connectivity index (χ2n) is 25.2. The summed E-state index contributed by atoms with van der Waals surface area (Å²) < 4.78 is 12.7. The summed E-state index contributed by atoms with van der Waals surface area (Å²) >= 11 is 0. The van der Waals surface area contributed by atoms with Crippen LogP contribution in [0.5, 0.6) is 0 Å². The minimum Gasteiger partial charge on any atom is -0.419 e. The number of hydrogen-bond donors (Lipinski definition) is 2. The maximum absolute atomic E-state index is 13.8. The molecular formula is C72H116O7. The van der Waals surface area contributed by atoms with Gasteiger partial charge in [-0.1, -0.05) is 296 Å². The molecular weight excluding hydrogens is 977 g/mol. The second-order valence-corrected chi connectivity index (χ2v) is 25.2. The van der Waals surface area contributed by atoms with Crippen molar-refractivity contribution in [2.24, 2.45) is 16.2 Å². The Morgan fingerprint density at radius 2 is 0.835 bits per heavy atom. The van der Waals surface area contributed by atoms with E-state index in [9.17, 15) is 24.6 Å². The molecule has 0 aliphatic heterocycles. The van der Waals surface area contributed by atoms with Crippen LogP contribution >= 0.6 is 0 Å². The molecule has 0 unspecified atom stereocenters. The van der Waals surface area contributed by atoms with Crippen LogP contribution in [0.4, 0.5) is 0 Å². The van der Waals surface area contributed by atoms with E-state index in [1.54, 1.807) is 6.08 Å². The summed E-state index contributed by atoms with van der Waals surface area (Å²) in [7, 11) is 0. The first-order chi connectivity index (χ1) is 37.6. The quantitative estimate of drug-likeness (QED) is 0.0206. The first-order valence-corrected chi connectivity index (χ1v) is 31.8. The van der Waals surface area contributed by atoms with Gasteiger partial charge in [-0.3, -0.25) is 14.4 Å². The van der Waals surface area contributed by atoms with Crippen LogP contribution in [0.3, 0.4) is 0 Å². The van der Waals surface area contributed by atoms with Gasteiger partial charge in [0, 0.05) is 24.7 Å². The van der Waals surface area contributed by atoms with Crippen molar-refractivity contribution in [3.05, 3.63) is 119 Å². The van der Waals surface area contributed by atoms with Gasteiger partial charge in [0.05, 0.1) is 11.5 Å². The molecule has 1 fully saturated rings. The lowest BCUT2D eigenvalue weighted by Gasteiger charge is -2.51. The molecule has 79 heavy (non-hydrogen) atoms. The number of esters is 2. The number of ketones is 1. The van der Waals surface area contributed by atoms with E-state index >= 15 is 0 Å². The molecule has 0 bridgehead atoms. The summed E-state index contributed by atoms with van der Waals surface area (Å²) in [5, 5.41) is 22.2. The third-order valence-electron chi connectivity index (χ3n) is 17.1. The number of aliphatic hydroxyl groups is 2. The number of hydrogen-bond acceptors (Lipinski definition) is 7. The van der Waals surface area contributed by atoms with E-state index in [2.05, 4.69) is 52.8 Å². The molecule has 3 atom stereocenters. The Bertz CT molecular complexity index is 2070. The molecule has 0 spiro atoms. The van der Waals surface area contributed by atoms with Gasteiger partial charge in [0.2, 0.25) is 0 Å². The van der Waals surface area contributed by atoms with E-state index in [1.807, 2.05) is 109 Å². The van der Waals surface area contributed by atoms with E-state index in [-0.39, 0.29) is 30.5 Å². The maximum atomic E-state index is 13.8. The van der Waals surface area contributed by atoms with Crippen LogP contribution in [-0.4, -0.2) is 45.9 Å². The molecule has 0 aromatic heterocycles. The van der Waals surface area contributed by atoms with Crippen molar-refractivity contribution in [2.45, 2.75) is 300 Å². The molecule has 0 aromatic rings. The average Bonchev–Trinajstić information content (AvgIpc) is 3.85. The van der Waals surface area contributed by atoms with Crippen molar-refractivity contribution in [1.29, 1.82) is 0 Å². The van der Waals surface area contributed by atoms with Gasteiger partial charge in [-0.15, -0.1) is 0 Å². The number of ether oxygens (including phenoxy) is 2. The highest BCUT2D eigenvalue weighted by Crippen LogP contribution is 2.54. The lowest BCUT2D eigenvalue weighted by atomic mass is 9.66. The Morgan fingerprint density at radius 3 is 1.22 bits per heavy atom. The number of unbranched alkanes of at least 4 members (excludes halogenated alkanes) is 24. The van der Waals surface area contributed by atoms with Crippen molar-refractivity contribution in [3.8, 4) is 0 Å². The van der Waals surface area contributed by atoms with E-state index < -0.39 is 40.8 Å². The highest BCUT2D eigenvalue weighted by atomic mass is 16.7. The summed E-state index contributed by atoms with van der Waals surface area (Å²) in [6.45, 7) is 24.6. The molecule has 1 saturated carbocycles. The summed E-state index contributed by atoms with van der Waals surface area (Å²) in [5.74, 6) is -2.67. The average molecular weight is 1090 g/mol. The number of rotatable bonds is 41. The van der Waals surface area contributed by atoms with E-state index in [4.69, 9.17) is 9.47 Å². The Labute approximate surface area is 484 Å². The Kier molecular flexibility index (Phi) is 35.4. The van der Waals surface area contributed by atoms with Gasteiger partial charge in [0.1, 0.15) is 6.10 Å². The predicted octanol–water partition coefficient (Wildman–Crippen LogP) is 20.2. The summed E-state index contributed by atoms with van der Waals surface area (Å²) in [6.07, 6.45) is 59.5. The van der Waals surface area contributed by atoms with Crippen molar-refractivity contribution in [3.63, 3.8) is 0 Å². The topological polar surface area (TPSA) is 110 Å². The van der Waals surface area contributed by atoms with Crippen molar-refractivity contribution < 1.29 is 34.1 Å². The van der Waals surface area contributed by atoms with Gasteiger partial charge in [0.25, 0.3) is 5.79 Å². The Hall–Kier alpha value is -4.07. The third kappa shape index (κ3) is 27.0. The molecule has 446 valence electrons. The number of aliphatic hydroxyl groups excluding tert-OH is 2. The van der Waals surface area contributed by atoms with Crippen molar-refractivity contribution >= 4 is 17.7 Å². The largest absolute Gasteiger partial charge is 0.419 e. The molecule has 7 heteroatoms. The standard InChI is InChI=1S/C72H116O7/c1-13-15-17-19-21-23-25-27-29-31-33-35-37-49-67(76)78-72(79-68(77)50-38-36-34-32-30-28-26-24-22-20-18-16-14-2)66(75)55-62(7)64(70(72,10)11)53-51-60(5)47-41-45-58(3)43-39-40-44-59(4)46-42-48-61(6)52-54-65(74)71(12)57-63(73)56-69(71,8)9/h39-48,51-54,63,66,73,75H,13-38,49-50,55-57H2,1-12H3/b40-39+,45-41+,46-42+,53-51+,54-52+,58-43+,59-44+,60-47+,61-48+/t63-,66+,71-/m0/s1. The molecule has 2 aliphatic carbocycles. The van der Waals surface area contributed by atoms with Crippen LogP contribution in [-0.2, 0) is 23.9 Å². The van der Waals surface area contributed by atoms with Crippen LogP contribution < -0.4 is 0 Å². The first kappa shape index (κ1) is 71.0. The molecule has 0 heterocycles. The second kappa shape index (κ2) is 39.4. The summed E-state index contributed by atoms with van der Waals surface area (Å²) in [5.41, 5.74) is 4.15. The van der Waals surface area contributed by atoms with Crippen LogP contribution in [0, 0.1) is 16.2 Å². The Balaban J connectivity index is 2.08. The fraction of sp³-hybridized carbons (Fsp3) is 0.681. The van der Waals surface area contributed by atoms with Crippen LogP contribution in [0.1, 0.15) is 282 Å². The Morgan fingerprint density at radius 1 is 0.481 bits per heavy atom. The minimum atomic E-state index is -1.86. The van der Waals surface area contributed by atoms with Crippen LogP contribution in [0.25, 0.3) is 0 Å². The third-order valence-corrected chi connectivity index (χ3v) is 17.1. The normalized spacial score (nSPS) is 21.0. The highest BCUT2D eigenvalue weighted by Gasteiger charge is 2.61. The summed E-state index contributed by atoms with van der Waals surface area (Å²) in [6, 6.07) is 0. The molecule has 2 aliphatic rings. The fourth-order valence-electron chi connectivity index (χ4n) is 11.5. The number of carbonyl (C=O) groups is 3. The van der Waals surface area contributed by atoms with Gasteiger partial charge < -0.3 is 19.7 Å².